The van der Waals surface area contributed by atoms with Crippen molar-refractivity contribution in [2.45, 2.75) is 6.43 Å². The predicted molar refractivity (Wildman–Crippen MR) is 43.8 cm³/mol. The Balaban J connectivity index is 3.19. The Bertz CT molecular complexity index is 343. The monoisotopic (exact) mass is 206 g/mol. The van der Waals surface area contributed by atoms with Gasteiger partial charge in [0.1, 0.15) is 5.82 Å². The van der Waals surface area contributed by atoms with Gasteiger partial charge in [-0.3, -0.25) is 4.79 Å². The maximum Gasteiger partial charge on any atom is 0.267 e. The third-order valence-corrected chi connectivity index (χ3v) is 1.63. The zero-order valence-electron chi connectivity index (χ0n) is 6.30. The van der Waals surface area contributed by atoms with Crippen LogP contribution in [0, 0.1) is 0 Å². The van der Waals surface area contributed by atoms with E-state index in [-0.39, 0.29) is 11.4 Å². The predicted octanol–water partition coefficient (Wildman–Crippen LogP) is 1.98. The highest BCUT2D eigenvalue weighted by Crippen LogP contribution is 2.24. The largest absolute Gasteiger partial charge is 0.383 e. The van der Waals surface area contributed by atoms with Crippen LogP contribution in [-0.2, 0) is 0 Å². The number of hydrogen-bond acceptors (Lipinski definition) is 3. The Hall–Kier alpha value is -1.23. The van der Waals surface area contributed by atoms with E-state index < -0.39 is 17.2 Å². The molecule has 0 unspecified atom stereocenters. The molecule has 2 N–H and O–H groups in total. The van der Waals surface area contributed by atoms with Crippen molar-refractivity contribution in [1.29, 1.82) is 0 Å². The standard InChI is InChI=1S/C7H5ClF2N2O/c8-5(13)3-1-4(6(9)10)7(11)12-2-3/h1-2,6H,(H2,11,12). The van der Waals surface area contributed by atoms with Gasteiger partial charge in [0.2, 0.25) is 0 Å². The van der Waals surface area contributed by atoms with Crippen molar-refractivity contribution in [3.63, 3.8) is 0 Å². The Morgan fingerprint density at radius 1 is 1.62 bits per heavy atom. The maximum atomic E-state index is 12.2. The van der Waals surface area contributed by atoms with E-state index in [1.807, 2.05) is 0 Å². The third kappa shape index (κ3) is 2.12. The van der Waals surface area contributed by atoms with Gasteiger partial charge in [0.25, 0.3) is 11.7 Å². The molecule has 0 aliphatic heterocycles. The van der Waals surface area contributed by atoms with Crippen LogP contribution in [0.2, 0.25) is 0 Å². The summed E-state index contributed by atoms with van der Waals surface area (Å²) in [6.07, 6.45) is -1.71. The van der Waals surface area contributed by atoms with Gasteiger partial charge in [-0.05, 0) is 17.7 Å². The lowest BCUT2D eigenvalue weighted by molar-refractivity contribution is 0.108. The zero-order chi connectivity index (χ0) is 10.0. The Kier molecular flexibility index (Phi) is 2.77. The molecule has 0 saturated carbocycles. The van der Waals surface area contributed by atoms with Crippen molar-refractivity contribution in [3.05, 3.63) is 23.4 Å². The minimum atomic E-state index is -2.76. The van der Waals surface area contributed by atoms with Gasteiger partial charge < -0.3 is 5.73 Å². The second kappa shape index (κ2) is 3.66. The van der Waals surface area contributed by atoms with Gasteiger partial charge in [0.05, 0.1) is 11.1 Å². The van der Waals surface area contributed by atoms with E-state index in [9.17, 15) is 13.6 Å². The van der Waals surface area contributed by atoms with E-state index in [1.54, 1.807) is 0 Å². The molecule has 0 spiro atoms. The highest BCUT2D eigenvalue weighted by molar-refractivity contribution is 6.67. The highest BCUT2D eigenvalue weighted by Gasteiger charge is 2.14. The van der Waals surface area contributed by atoms with Gasteiger partial charge >= 0.3 is 0 Å². The molecule has 0 bridgehead atoms. The Morgan fingerprint density at radius 3 is 2.69 bits per heavy atom. The molecule has 0 amide bonds. The van der Waals surface area contributed by atoms with E-state index in [4.69, 9.17) is 17.3 Å². The first-order valence-electron chi connectivity index (χ1n) is 3.25. The summed E-state index contributed by atoms with van der Waals surface area (Å²) in [4.78, 5) is 14.0. The molecule has 0 radical (unpaired) electrons. The lowest BCUT2D eigenvalue weighted by atomic mass is 10.2. The quantitative estimate of drug-likeness (QED) is 0.753. The van der Waals surface area contributed by atoms with Gasteiger partial charge in [-0.25, -0.2) is 13.8 Å². The number of nitrogens with two attached hydrogens (primary N) is 1. The lowest BCUT2D eigenvalue weighted by Gasteiger charge is -2.03. The molecular formula is C7H5ClF2N2O. The molecule has 0 saturated heterocycles. The molecule has 1 aromatic heterocycles. The molecule has 0 aliphatic carbocycles. The van der Waals surface area contributed by atoms with Crippen LogP contribution in [0.15, 0.2) is 12.3 Å². The molecule has 0 atom stereocenters. The summed E-state index contributed by atoms with van der Waals surface area (Å²) >= 11 is 5.07. The van der Waals surface area contributed by atoms with Crippen LogP contribution in [-0.4, -0.2) is 10.2 Å². The van der Waals surface area contributed by atoms with Crippen LogP contribution in [0.1, 0.15) is 22.3 Å². The normalized spacial score (nSPS) is 10.5. The molecular weight excluding hydrogens is 202 g/mol. The van der Waals surface area contributed by atoms with E-state index in [2.05, 4.69) is 4.98 Å². The minimum Gasteiger partial charge on any atom is -0.383 e. The van der Waals surface area contributed by atoms with Gasteiger partial charge in [0.15, 0.2) is 0 Å². The van der Waals surface area contributed by atoms with Crippen molar-refractivity contribution >= 4 is 22.7 Å². The number of nitrogens with zero attached hydrogens (tertiary/aromatic N) is 1. The molecule has 0 aliphatic rings. The molecule has 1 aromatic rings. The molecule has 70 valence electrons. The number of carbonyl (C=O) groups excluding carboxylic acids is 1. The van der Waals surface area contributed by atoms with Crippen molar-refractivity contribution in [3.8, 4) is 0 Å². The Labute approximate surface area is 77.5 Å². The fourth-order valence-electron chi connectivity index (χ4n) is 0.775. The fraction of sp³-hybridized carbons (Fsp3) is 0.143. The number of rotatable bonds is 2. The number of nitrogen functional groups attached to an aromatic ring is 1. The Morgan fingerprint density at radius 2 is 2.23 bits per heavy atom. The summed E-state index contributed by atoms with van der Waals surface area (Å²) < 4.78 is 24.4. The minimum absolute atomic E-state index is 0.0915. The van der Waals surface area contributed by atoms with Crippen LogP contribution in [0.25, 0.3) is 0 Å². The van der Waals surface area contributed by atoms with E-state index >= 15 is 0 Å². The average molecular weight is 207 g/mol. The topological polar surface area (TPSA) is 56.0 Å². The smallest absolute Gasteiger partial charge is 0.267 e. The third-order valence-electron chi connectivity index (χ3n) is 1.41. The summed E-state index contributed by atoms with van der Waals surface area (Å²) in [7, 11) is 0. The first kappa shape index (κ1) is 9.85. The number of halogens is 3. The summed E-state index contributed by atoms with van der Waals surface area (Å²) in [5, 5.41) is -0.839. The average Bonchev–Trinajstić information content (AvgIpc) is 2.04. The zero-order valence-corrected chi connectivity index (χ0v) is 7.05. The molecule has 1 heterocycles. The van der Waals surface area contributed by atoms with Gasteiger partial charge in [-0.1, -0.05) is 0 Å². The summed E-state index contributed by atoms with van der Waals surface area (Å²) in [5.74, 6) is -0.295. The lowest BCUT2D eigenvalue weighted by Crippen LogP contribution is -2.01. The summed E-state index contributed by atoms with van der Waals surface area (Å²) in [5.41, 5.74) is 4.57. The van der Waals surface area contributed by atoms with E-state index in [0.717, 1.165) is 12.3 Å². The van der Waals surface area contributed by atoms with Crippen LogP contribution in [0.3, 0.4) is 0 Å². The van der Waals surface area contributed by atoms with Crippen LogP contribution in [0.4, 0.5) is 14.6 Å². The molecule has 6 heteroatoms. The van der Waals surface area contributed by atoms with Crippen molar-refractivity contribution < 1.29 is 13.6 Å². The van der Waals surface area contributed by atoms with E-state index in [0.29, 0.717) is 0 Å². The first-order chi connectivity index (χ1) is 6.02. The maximum absolute atomic E-state index is 12.2. The summed E-state index contributed by atoms with van der Waals surface area (Å²) in [6.45, 7) is 0. The second-order valence-corrected chi connectivity index (χ2v) is 2.62. The fourth-order valence-corrected chi connectivity index (χ4v) is 0.878. The number of pyridine rings is 1. The van der Waals surface area contributed by atoms with E-state index in [1.165, 1.54) is 0 Å². The van der Waals surface area contributed by atoms with Crippen LogP contribution < -0.4 is 5.73 Å². The van der Waals surface area contributed by atoms with Crippen molar-refractivity contribution in [2.75, 3.05) is 5.73 Å². The van der Waals surface area contributed by atoms with Gasteiger partial charge in [-0.15, -0.1) is 0 Å². The number of alkyl halides is 2. The van der Waals surface area contributed by atoms with Gasteiger partial charge in [0, 0.05) is 6.20 Å². The SMILES string of the molecule is Nc1ncc(C(=O)Cl)cc1C(F)F. The number of hydrogen-bond donors (Lipinski definition) is 1. The second-order valence-electron chi connectivity index (χ2n) is 2.27. The number of carbonyl (C=O) groups is 1. The molecule has 0 aromatic carbocycles. The molecule has 3 nitrogen and oxygen atoms in total. The number of aromatic nitrogens is 1. The van der Waals surface area contributed by atoms with Gasteiger partial charge in [-0.2, -0.15) is 0 Å². The first-order valence-corrected chi connectivity index (χ1v) is 3.63. The highest BCUT2D eigenvalue weighted by atomic mass is 35.5. The molecule has 13 heavy (non-hydrogen) atoms. The molecule has 1 rings (SSSR count). The number of anilines is 1. The van der Waals surface area contributed by atoms with Crippen LogP contribution in [0.5, 0.6) is 0 Å². The van der Waals surface area contributed by atoms with Crippen molar-refractivity contribution in [1.82, 2.24) is 4.98 Å². The molecule has 0 fully saturated rings. The summed E-state index contributed by atoms with van der Waals surface area (Å²) in [6, 6.07) is 0.933. The van der Waals surface area contributed by atoms with Crippen molar-refractivity contribution in [2.24, 2.45) is 0 Å². The van der Waals surface area contributed by atoms with Crippen LogP contribution >= 0.6 is 11.6 Å².